The highest BCUT2D eigenvalue weighted by molar-refractivity contribution is 6.30. The summed E-state index contributed by atoms with van der Waals surface area (Å²) in [6, 6.07) is 18.3. The van der Waals surface area contributed by atoms with Gasteiger partial charge in [0.2, 0.25) is 0 Å². The number of methoxy groups -OCH3 is 1. The molecule has 1 amide bonds. The van der Waals surface area contributed by atoms with E-state index in [4.69, 9.17) is 16.3 Å². The van der Waals surface area contributed by atoms with Crippen LogP contribution < -0.4 is 15.4 Å². The topological polar surface area (TPSA) is 63.2 Å². The van der Waals surface area contributed by atoms with Crippen molar-refractivity contribution in [3.05, 3.63) is 83.1 Å². The molecule has 0 aliphatic heterocycles. The van der Waals surface area contributed by atoms with Crippen molar-refractivity contribution in [1.82, 2.24) is 4.98 Å². The van der Waals surface area contributed by atoms with E-state index in [0.717, 1.165) is 17.0 Å². The van der Waals surface area contributed by atoms with Crippen LogP contribution in [0.15, 0.2) is 66.9 Å². The third-order valence-electron chi connectivity index (χ3n) is 3.75. The van der Waals surface area contributed by atoms with Crippen LogP contribution >= 0.6 is 11.6 Å². The number of hydrogen-bond donors (Lipinski definition) is 2. The molecule has 6 heteroatoms. The molecule has 0 fully saturated rings. The molecule has 2 N–H and O–H groups in total. The lowest BCUT2D eigenvalue weighted by molar-refractivity contribution is 0.102. The van der Waals surface area contributed by atoms with Crippen LogP contribution in [0.5, 0.6) is 5.75 Å². The number of nitrogens with one attached hydrogen (secondary N) is 2. The van der Waals surface area contributed by atoms with Crippen LogP contribution in [0.1, 0.15) is 16.1 Å². The first-order chi connectivity index (χ1) is 12.6. The fourth-order valence-electron chi connectivity index (χ4n) is 2.34. The zero-order chi connectivity index (χ0) is 18.4. The summed E-state index contributed by atoms with van der Waals surface area (Å²) in [6.07, 6.45) is 1.60. The fourth-order valence-corrected chi connectivity index (χ4v) is 2.47. The molecule has 0 saturated heterocycles. The Morgan fingerprint density at radius 1 is 1.04 bits per heavy atom. The highest BCUT2D eigenvalue weighted by atomic mass is 35.5. The van der Waals surface area contributed by atoms with E-state index in [2.05, 4.69) is 15.6 Å². The molecule has 0 aliphatic rings. The largest absolute Gasteiger partial charge is 0.497 e. The third kappa shape index (κ3) is 4.74. The number of aromatic nitrogens is 1. The van der Waals surface area contributed by atoms with Crippen LogP contribution in [0.3, 0.4) is 0 Å². The van der Waals surface area contributed by atoms with Crippen LogP contribution in [0.4, 0.5) is 11.4 Å². The van der Waals surface area contributed by atoms with Gasteiger partial charge in [0.15, 0.2) is 0 Å². The summed E-state index contributed by atoms with van der Waals surface area (Å²) in [7, 11) is 1.64. The van der Waals surface area contributed by atoms with Crippen molar-refractivity contribution in [1.29, 1.82) is 0 Å². The molecule has 3 rings (SSSR count). The van der Waals surface area contributed by atoms with Crippen molar-refractivity contribution in [2.75, 3.05) is 17.7 Å². The first-order valence-corrected chi connectivity index (χ1v) is 8.41. The molecular formula is C20H18ClN3O2. The van der Waals surface area contributed by atoms with Gasteiger partial charge in [-0.3, -0.25) is 9.78 Å². The van der Waals surface area contributed by atoms with Gasteiger partial charge in [-0.25, -0.2) is 0 Å². The Morgan fingerprint density at radius 3 is 2.46 bits per heavy atom. The van der Waals surface area contributed by atoms with Crippen molar-refractivity contribution in [3.8, 4) is 5.75 Å². The molecule has 0 radical (unpaired) electrons. The van der Waals surface area contributed by atoms with E-state index in [0.29, 0.717) is 22.9 Å². The summed E-state index contributed by atoms with van der Waals surface area (Å²) in [4.78, 5) is 16.5. The van der Waals surface area contributed by atoms with E-state index in [1.54, 1.807) is 43.6 Å². The van der Waals surface area contributed by atoms with Gasteiger partial charge in [-0.15, -0.1) is 0 Å². The van der Waals surface area contributed by atoms with E-state index in [-0.39, 0.29) is 5.91 Å². The number of benzene rings is 2. The molecule has 0 unspecified atom stereocenters. The zero-order valence-corrected chi connectivity index (χ0v) is 15.0. The lowest BCUT2D eigenvalue weighted by atomic mass is 10.2. The summed E-state index contributed by atoms with van der Waals surface area (Å²) in [6.45, 7) is 0.631. The minimum atomic E-state index is -0.277. The maximum atomic E-state index is 12.3. The number of rotatable bonds is 6. The van der Waals surface area contributed by atoms with Gasteiger partial charge in [0.25, 0.3) is 5.91 Å². The second-order valence-corrected chi connectivity index (χ2v) is 6.03. The van der Waals surface area contributed by atoms with Gasteiger partial charge in [-0.1, -0.05) is 23.7 Å². The number of anilines is 2. The highest BCUT2D eigenvalue weighted by Gasteiger charge is 2.08. The highest BCUT2D eigenvalue weighted by Crippen LogP contribution is 2.16. The Morgan fingerprint density at radius 2 is 1.77 bits per heavy atom. The molecule has 1 aromatic heterocycles. The second kappa shape index (κ2) is 8.36. The Hall–Kier alpha value is -3.05. The molecule has 2 aromatic carbocycles. The Labute approximate surface area is 157 Å². The predicted octanol–water partition coefficient (Wildman–Crippen LogP) is 4.61. The number of carbonyl (C=O) groups is 1. The van der Waals surface area contributed by atoms with E-state index in [1.807, 2.05) is 30.3 Å². The molecule has 0 bridgehead atoms. The average Bonchev–Trinajstić information content (AvgIpc) is 2.69. The van der Waals surface area contributed by atoms with Gasteiger partial charge in [-0.2, -0.15) is 0 Å². The fraction of sp³-hybridized carbons (Fsp3) is 0.100. The summed E-state index contributed by atoms with van der Waals surface area (Å²) < 4.78 is 5.15. The molecule has 0 atom stereocenters. The first kappa shape index (κ1) is 17.8. The third-order valence-corrected chi connectivity index (χ3v) is 4.00. The number of pyridine rings is 1. The van der Waals surface area contributed by atoms with Crippen molar-refractivity contribution in [3.63, 3.8) is 0 Å². The lowest BCUT2D eigenvalue weighted by Crippen LogP contribution is -2.14. The molecule has 1 heterocycles. The number of carbonyl (C=O) groups excluding carboxylic acids is 1. The van der Waals surface area contributed by atoms with Crippen molar-refractivity contribution in [2.45, 2.75) is 6.54 Å². The number of hydrogen-bond acceptors (Lipinski definition) is 4. The minimum absolute atomic E-state index is 0.277. The summed E-state index contributed by atoms with van der Waals surface area (Å²) in [5.41, 5.74) is 2.92. The van der Waals surface area contributed by atoms with Gasteiger partial charge in [0, 0.05) is 29.1 Å². The summed E-state index contributed by atoms with van der Waals surface area (Å²) >= 11 is 5.85. The van der Waals surface area contributed by atoms with Gasteiger partial charge in [0.1, 0.15) is 11.4 Å². The minimum Gasteiger partial charge on any atom is -0.497 e. The van der Waals surface area contributed by atoms with Gasteiger partial charge >= 0.3 is 0 Å². The van der Waals surface area contributed by atoms with Crippen LogP contribution in [0, 0.1) is 0 Å². The van der Waals surface area contributed by atoms with Crippen LogP contribution in [0.2, 0.25) is 5.02 Å². The summed E-state index contributed by atoms with van der Waals surface area (Å²) in [5, 5.41) is 6.70. The van der Waals surface area contributed by atoms with Crippen LogP contribution in [-0.4, -0.2) is 18.0 Å². The van der Waals surface area contributed by atoms with E-state index >= 15 is 0 Å². The van der Waals surface area contributed by atoms with Crippen molar-refractivity contribution >= 4 is 28.9 Å². The number of nitrogens with zero attached hydrogens (tertiary/aromatic N) is 1. The standard InChI is InChI=1S/C20H18ClN3O2/c1-26-18-8-2-14(3-9-18)13-23-17-10-11-22-19(12-17)20(25)24-16-6-4-15(21)5-7-16/h2-12H,13H2,1H3,(H,22,23)(H,24,25). The number of ether oxygens (including phenoxy) is 1. The molecule has 0 aliphatic carbocycles. The molecular weight excluding hydrogens is 350 g/mol. The summed E-state index contributed by atoms with van der Waals surface area (Å²) in [5.74, 6) is 0.541. The molecule has 0 saturated carbocycles. The van der Waals surface area contributed by atoms with Gasteiger partial charge in [0.05, 0.1) is 7.11 Å². The maximum Gasteiger partial charge on any atom is 0.274 e. The smallest absolute Gasteiger partial charge is 0.274 e. The molecule has 3 aromatic rings. The quantitative estimate of drug-likeness (QED) is 0.668. The van der Waals surface area contributed by atoms with E-state index in [1.165, 1.54) is 0 Å². The SMILES string of the molecule is COc1ccc(CNc2ccnc(C(=O)Nc3ccc(Cl)cc3)c2)cc1. The monoisotopic (exact) mass is 367 g/mol. The Kier molecular flexibility index (Phi) is 5.71. The Balaban J connectivity index is 1.63. The van der Waals surface area contributed by atoms with Crippen LogP contribution in [-0.2, 0) is 6.54 Å². The average molecular weight is 368 g/mol. The molecule has 0 spiro atoms. The van der Waals surface area contributed by atoms with E-state index < -0.39 is 0 Å². The van der Waals surface area contributed by atoms with Crippen molar-refractivity contribution in [2.24, 2.45) is 0 Å². The van der Waals surface area contributed by atoms with Gasteiger partial charge in [-0.05, 0) is 54.1 Å². The maximum absolute atomic E-state index is 12.3. The molecule has 132 valence electrons. The lowest BCUT2D eigenvalue weighted by Gasteiger charge is -2.09. The first-order valence-electron chi connectivity index (χ1n) is 8.04. The predicted molar refractivity (Wildman–Crippen MR) is 104 cm³/mol. The van der Waals surface area contributed by atoms with E-state index in [9.17, 15) is 4.79 Å². The second-order valence-electron chi connectivity index (χ2n) is 5.59. The van der Waals surface area contributed by atoms with Gasteiger partial charge < -0.3 is 15.4 Å². The number of halogens is 1. The number of amides is 1. The van der Waals surface area contributed by atoms with Crippen molar-refractivity contribution < 1.29 is 9.53 Å². The zero-order valence-electron chi connectivity index (χ0n) is 14.2. The Bertz CT molecular complexity index is 880. The normalized spacial score (nSPS) is 10.2. The molecule has 26 heavy (non-hydrogen) atoms. The molecule has 5 nitrogen and oxygen atoms in total. The van der Waals surface area contributed by atoms with Crippen LogP contribution in [0.25, 0.3) is 0 Å².